The van der Waals surface area contributed by atoms with Crippen molar-refractivity contribution >= 4 is 51.6 Å². The molecule has 3 aromatic heterocycles. The number of hydrogen-bond acceptors (Lipinski definition) is 8. The van der Waals surface area contributed by atoms with Gasteiger partial charge in [-0.25, -0.2) is 14.8 Å². The summed E-state index contributed by atoms with van der Waals surface area (Å²) in [6.45, 7) is 7.16. The first kappa shape index (κ1) is 30.2. The molecule has 4 aromatic rings. The van der Waals surface area contributed by atoms with Crippen LogP contribution in [0.5, 0.6) is 5.88 Å². The van der Waals surface area contributed by atoms with Crippen LogP contribution < -0.4 is 20.0 Å². The summed E-state index contributed by atoms with van der Waals surface area (Å²) >= 11 is 13.2. The van der Waals surface area contributed by atoms with Crippen LogP contribution in [-0.4, -0.2) is 82.9 Å². The van der Waals surface area contributed by atoms with Gasteiger partial charge in [0.15, 0.2) is 0 Å². The third kappa shape index (κ3) is 5.69. The largest absolute Gasteiger partial charge is 0.477 e. The molecule has 1 N–H and O–H groups in total. The van der Waals surface area contributed by atoms with Crippen molar-refractivity contribution in [1.29, 1.82) is 0 Å². The Balaban J connectivity index is 1.40. The minimum Gasteiger partial charge on any atom is -0.477 e. The summed E-state index contributed by atoms with van der Waals surface area (Å²) in [4.78, 5) is 40.9. The fraction of sp³-hybridized carbons (Fsp3) is 0.375. The lowest BCUT2D eigenvalue weighted by molar-refractivity contribution is 0.0695. The number of halogens is 2. The molecule has 2 saturated heterocycles. The van der Waals surface area contributed by atoms with Crippen LogP contribution in [0.15, 0.2) is 59.8 Å². The molecular formula is C32H34Cl2N6O4. The van der Waals surface area contributed by atoms with E-state index in [-0.39, 0.29) is 22.4 Å². The maximum atomic E-state index is 13.3. The molecule has 0 radical (unpaired) electrons. The van der Waals surface area contributed by atoms with Gasteiger partial charge in [-0.05, 0) is 62.3 Å². The van der Waals surface area contributed by atoms with E-state index in [0.29, 0.717) is 46.3 Å². The van der Waals surface area contributed by atoms with Gasteiger partial charge in [-0.2, -0.15) is 0 Å². The summed E-state index contributed by atoms with van der Waals surface area (Å²) in [5, 5.41) is 10.9. The molecular weight excluding hydrogens is 603 g/mol. The van der Waals surface area contributed by atoms with E-state index in [1.807, 2.05) is 18.2 Å². The van der Waals surface area contributed by atoms with E-state index in [9.17, 15) is 14.7 Å². The maximum absolute atomic E-state index is 13.3. The summed E-state index contributed by atoms with van der Waals surface area (Å²) in [5.74, 6) is -0.100. The molecule has 1 atom stereocenters. The molecule has 12 heteroatoms. The number of rotatable bonds is 8. The van der Waals surface area contributed by atoms with Gasteiger partial charge in [-0.3, -0.25) is 4.79 Å². The van der Waals surface area contributed by atoms with Gasteiger partial charge in [0.2, 0.25) is 11.3 Å². The van der Waals surface area contributed by atoms with Crippen molar-refractivity contribution < 1.29 is 14.6 Å². The molecule has 5 heterocycles. The predicted molar refractivity (Wildman–Crippen MR) is 173 cm³/mol. The van der Waals surface area contributed by atoms with Crippen LogP contribution in [0.1, 0.15) is 30.6 Å². The Kier molecular flexibility index (Phi) is 7.94. The van der Waals surface area contributed by atoms with Gasteiger partial charge in [0.05, 0.1) is 34.2 Å². The number of nitrogens with zero attached hydrogens (tertiary/aromatic N) is 6. The first-order valence-electron chi connectivity index (χ1n) is 14.4. The van der Waals surface area contributed by atoms with Crippen molar-refractivity contribution in [3.8, 4) is 11.6 Å². The van der Waals surface area contributed by atoms with Crippen LogP contribution in [-0.2, 0) is 0 Å². The van der Waals surface area contributed by atoms with E-state index in [1.165, 1.54) is 6.20 Å². The number of hydrogen-bond donors (Lipinski definition) is 1. The van der Waals surface area contributed by atoms with Crippen molar-refractivity contribution in [2.45, 2.75) is 32.4 Å². The van der Waals surface area contributed by atoms with Gasteiger partial charge in [0.25, 0.3) is 0 Å². The molecule has 0 spiro atoms. The highest BCUT2D eigenvalue weighted by molar-refractivity contribution is 6.34. The molecule has 2 aliphatic heterocycles. The van der Waals surface area contributed by atoms with Gasteiger partial charge in [-0.15, -0.1) is 0 Å². The highest BCUT2D eigenvalue weighted by atomic mass is 35.5. The number of carboxylic acids is 1. The monoisotopic (exact) mass is 636 g/mol. The summed E-state index contributed by atoms with van der Waals surface area (Å²) in [5.41, 5.74) is 0.899. The van der Waals surface area contributed by atoms with Crippen molar-refractivity contribution in [3.63, 3.8) is 0 Å². The lowest BCUT2D eigenvalue weighted by atomic mass is 9.91. The Bertz CT molecular complexity index is 1790. The molecule has 0 bridgehead atoms. The fourth-order valence-electron chi connectivity index (χ4n) is 6.08. The Morgan fingerprint density at radius 1 is 1.14 bits per heavy atom. The van der Waals surface area contributed by atoms with Gasteiger partial charge in [0.1, 0.15) is 23.0 Å². The lowest BCUT2D eigenvalue weighted by Crippen LogP contribution is -2.57. The molecule has 0 saturated carbocycles. The van der Waals surface area contributed by atoms with E-state index >= 15 is 0 Å². The second-order valence-corrected chi connectivity index (χ2v) is 13.3. The molecule has 1 aromatic carbocycles. The number of aromatic nitrogens is 3. The van der Waals surface area contributed by atoms with E-state index in [0.717, 1.165) is 31.0 Å². The molecule has 10 nitrogen and oxygen atoms in total. The lowest BCUT2D eigenvalue weighted by Gasteiger charge is -2.43. The second kappa shape index (κ2) is 11.6. The number of carbonyl (C=O) groups is 1. The smallest absolute Gasteiger partial charge is 0.341 e. The average Bonchev–Trinajstić information content (AvgIpc) is 3.26. The van der Waals surface area contributed by atoms with Crippen molar-refractivity contribution in [2.75, 3.05) is 50.1 Å². The summed E-state index contributed by atoms with van der Waals surface area (Å²) in [6, 6.07) is 11.1. The van der Waals surface area contributed by atoms with Gasteiger partial charge >= 0.3 is 5.97 Å². The molecule has 0 unspecified atom stereocenters. The second-order valence-electron chi connectivity index (χ2n) is 12.5. The van der Waals surface area contributed by atoms with Crippen LogP contribution >= 0.6 is 23.2 Å². The molecule has 44 heavy (non-hydrogen) atoms. The zero-order valence-electron chi connectivity index (χ0n) is 25.0. The Hall–Kier alpha value is -3.86. The SMILES string of the molecule is CN(C)C1CN(c2ccc(-n3cc(C(=O)O)c(=O)c4cc(Cl)c(N5CC(C)(C)C[C@@H]5COc5ncccc5Cl)cc43)cn2)C1. The van der Waals surface area contributed by atoms with Crippen molar-refractivity contribution in [2.24, 2.45) is 5.41 Å². The van der Waals surface area contributed by atoms with Gasteiger partial charge < -0.3 is 29.1 Å². The number of fused-ring (bicyclic) bond motifs is 1. The molecule has 6 rings (SSSR count). The predicted octanol–water partition coefficient (Wildman–Crippen LogP) is 5.22. The Morgan fingerprint density at radius 3 is 2.57 bits per heavy atom. The third-order valence-electron chi connectivity index (χ3n) is 8.50. The van der Waals surface area contributed by atoms with Crippen molar-refractivity contribution in [1.82, 2.24) is 19.4 Å². The molecule has 230 valence electrons. The minimum atomic E-state index is -1.31. The summed E-state index contributed by atoms with van der Waals surface area (Å²) < 4.78 is 7.75. The normalized spacial score (nSPS) is 18.2. The Morgan fingerprint density at radius 2 is 1.91 bits per heavy atom. The van der Waals surface area contributed by atoms with Crippen LogP contribution in [0.2, 0.25) is 10.0 Å². The number of carboxylic acid groups (broad SMARTS) is 1. The number of anilines is 2. The number of ether oxygens (including phenoxy) is 1. The third-order valence-corrected chi connectivity index (χ3v) is 9.09. The molecule has 0 amide bonds. The van der Waals surface area contributed by atoms with E-state index < -0.39 is 11.4 Å². The topological polar surface area (TPSA) is 104 Å². The van der Waals surface area contributed by atoms with Crippen LogP contribution in [0, 0.1) is 5.41 Å². The fourth-order valence-corrected chi connectivity index (χ4v) is 6.53. The zero-order valence-corrected chi connectivity index (χ0v) is 26.5. The Labute approximate surface area is 265 Å². The highest BCUT2D eigenvalue weighted by Gasteiger charge is 2.39. The van der Waals surface area contributed by atoms with Gasteiger partial charge in [-0.1, -0.05) is 37.0 Å². The maximum Gasteiger partial charge on any atom is 0.341 e. The van der Waals surface area contributed by atoms with Crippen molar-refractivity contribution in [3.05, 3.63) is 80.8 Å². The van der Waals surface area contributed by atoms with Crippen LogP contribution in [0.4, 0.5) is 11.5 Å². The quantitative estimate of drug-likeness (QED) is 0.279. The van der Waals surface area contributed by atoms with Gasteiger partial charge in [0, 0.05) is 43.5 Å². The zero-order chi connectivity index (χ0) is 31.3. The average molecular weight is 638 g/mol. The van der Waals surface area contributed by atoms with E-state index in [1.54, 1.807) is 35.2 Å². The number of benzene rings is 1. The number of aromatic carboxylic acids is 1. The van der Waals surface area contributed by atoms with Crippen LogP contribution in [0.3, 0.4) is 0 Å². The standard InChI is InChI=1S/C32H34Cl2N6O4/c1-32(2)12-20(17-44-30-24(33)6-5-9-35-30)40(18-32)27-11-26-22(10-25(27)34)29(41)23(31(42)43)16-39(26)19-7-8-28(36-13-19)38-14-21(15-38)37(3)4/h5-11,13,16,20-21H,12,14-15,17-18H2,1-4H3,(H,42,43)/t20-/m1/s1. The number of likely N-dealkylation sites (N-methyl/N-ethyl adjacent to an activating group) is 1. The minimum absolute atomic E-state index is 0.0464. The summed E-state index contributed by atoms with van der Waals surface area (Å²) in [7, 11) is 4.13. The molecule has 2 fully saturated rings. The molecule has 0 aliphatic carbocycles. The van der Waals surface area contributed by atoms with Crippen LogP contribution in [0.25, 0.3) is 16.6 Å². The first-order chi connectivity index (χ1) is 20.9. The molecule has 2 aliphatic rings. The highest BCUT2D eigenvalue weighted by Crippen LogP contribution is 2.41. The summed E-state index contributed by atoms with van der Waals surface area (Å²) in [6.07, 6.45) is 5.53. The van der Waals surface area contributed by atoms with E-state index in [2.05, 4.69) is 52.6 Å². The number of pyridine rings is 3. The first-order valence-corrected chi connectivity index (χ1v) is 15.2. The van der Waals surface area contributed by atoms with E-state index in [4.69, 9.17) is 27.9 Å².